The Kier molecular flexibility index (Phi) is 4.93. The standard InChI is InChI=1S/C21H21F3N2S/c1-14-13-17(8-9-19(14)22)21(23,24)16-6-4-15(5-7-16)18-3-2-10-26-11-12-27-25-20(18)26/h4-9,13,18H,2-3,10-12H2,1H3. The van der Waals surface area contributed by atoms with Crippen LogP contribution in [0.25, 0.3) is 0 Å². The quantitative estimate of drug-likeness (QED) is 0.642. The van der Waals surface area contributed by atoms with Gasteiger partial charge in [0.1, 0.15) is 11.7 Å². The average molecular weight is 390 g/mol. The highest BCUT2D eigenvalue weighted by Crippen LogP contribution is 2.38. The molecule has 0 amide bonds. The molecule has 0 bridgehead atoms. The largest absolute Gasteiger partial charge is 0.358 e. The second-order valence-electron chi connectivity index (χ2n) is 7.12. The lowest BCUT2D eigenvalue weighted by Crippen LogP contribution is -2.43. The molecule has 0 radical (unpaired) electrons. The van der Waals surface area contributed by atoms with E-state index in [0.717, 1.165) is 55.2 Å². The highest BCUT2D eigenvalue weighted by Gasteiger charge is 2.35. The molecule has 2 aliphatic rings. The Bertz CT molecular complexity index is 864. The van der Waals surface area contributed by atoms with Crippen molar-refractivity contribution < 1.29 is 13.2 Å². The van der Waals surface area contributed by atoms with Crippen LogP contribution in [-0.2, 0) is 5.92 Å². The first kappa shape index (κ1) is 18.4. The van der Waals surface area contributed by atoms with E-state index in [-0.39, 0.29) is 22.6 Å². The maximum atomic E-state index is 14.9. The number of rotatable bonds is 3. The predicted octanol–water partition coefficient (Wildman–Crippen LogP) is 5.51. The maximum Gasteiger partial charge on any atom is 0.298 e. The Morgan fingerprint density at radius 1 is 1.07 bits per heavy atom. The molecule has 4 rings (SSSR count). The number of aryl methyl sites for hydroxylation is 1. The Morgan fingerprint density at radius 3 is 2.56 bits per heavy atom. The van der Waals surface area contributed by atoms with Crippen molar-refractivity contribution in [3.05, 3.63) is 70.5 Å². The molecule has 0 N–H and O–H groups in total. The zero-order chi connectivity index (χ0) is 19.0. The van der Waals surface area contributed by atoms with E-state index >= 15 is 0 Å². The van der Waals surface area contributed by atoms with E-state index in [0.29, 0.717) is 0 Å². The predicted molar refractivity (Wildman–Crippen MR) is 104 cm³/mol. The lowest BCUT2D eigenvalue weighted by atomic mass is 9.88. The summed E-state index contributed by atoms with van der Waals surface area (Å²) in [5, 5.41) is 0. The third-order valence-corrected chi connectivity index (χ3v) is 6.04. The number of amidine groups is 1. The minimum Gasteiger partial charge on any atom is -0.358 e. The van der Waals surface area contributed by atoms with Crippen molar-refractivity contribution in [1.29, 1.82) is 0 Å². The first-order valence-electron chi connectivity index (χ1n) is 9.16. The minimum absolute atomic E-state index is 0.0788. The molecule has 0 aromatic heterocycles. The van der Waals surface area contributed by atoms with Crippen molar-refractivity contribution in [3.63, 3.8) is 0 Å². The van der Waals surface area contributed by atoms with Crippen LogP contribution in [0.5, 0.6) is 0 Å². The van der Waals surface area contributed by atoms with E-state index in [1.807, 2.05) is 0 Å². The SMILES string of the molecule is Cc1cc(C(F)(F)c2ccc(C3CCCN4CCSN=C34)cc2)ccc1F. The van der Waals surface area contributed by atoms with Gasteiger partial charge in [-0.25, -0.2) is 8.79 Å². The van der Waals surface area contributed by atoms with Crippen LogP contribution in [0.3, 0.4) is 0 Å². The molecule has 1 fully saturated rings. The van der Waals surface area contributed by atoms with Crippen molar-refractivity contribution >= 4 is 17.8 Å². The van der Waals surface area contributed by atoms with Gasteiger partial charge < -0.3 is 4.90 Å². The number of hydrogen-bond donors (Lipinski definition) is 0. The normalized spacial score (nSPS) is 20.2. The number of piperidine rings is 1. The lowest BCUT2D eigenvalue weighted by Gasteiger charge is -2.38. The number of nitrogens with zero attached hydrogens (tertiary/aromatic N) is 2. The second-order valence-corrected chi connectivity index (χ2v) is 7.97. The van der Waals surface area contributed by atoms with E-state index in [9.17, 15) is 13.2 Å². The first-order valence-corrected chi connectivity index (χ1v) is 10.1. The Morgan fingerprint density at radius 2 is 1.81 bits per heavy atom. The number of fused-ring (bicyclic) bond motifs is 1. The van der Waals surface area contributed by atoms with E-state index in [1.165, 1.54) is 25.1 Å². The van der Waals surface area contributed by atoms with Crippen LogP contribution in [0.15, 0.2) is 46.9 Å². The molecule has 2 heterocycles. The van der Waals surface area contributed by atoms with E-state index in [4.69, 9.17) is 0 Å². The molecule has 0 saturated carbocycles. The molecule has 0 aliphatic carbocycles. The molecular formula is C21H21F3N2S. The van der Waals surface area contributed by atoms with Gasteiger partial charge in [0.15, 0.2) is 0 Å². The molecule has 0 spiro atoms. The molecule has 2 nitrogen and oxygen atoms in total. The Balaban J connectivity index is 1.61. The first-order chi connectivity index (χ1) is 13.0. The van der Waals surface area contributed by atoms with Crippen molar-refractivity contribution in [1.82, 2.24) is 4.90 Å². The van der Waals surface area contributed by atoms with E-state index in [2.05, 4.69) is 9.30 Å². The minimum atomic E-state index is -3.16. The molecule has 1 atom stereocenters. The van der Waals surface area contributed by atoms with Crippen LogP contribution in [0, 0.1) is 12.7 Å². The van der Waals surface area contributed by atoms with Crippen molar-refractivity contribution in [3.8, 4) is 0 Å². The summed E-state index contributed by atoms with van der Waals surface area (Å²) in [6, 6.07) is 10.0. The van der Waals surface area contributed by atoms with Crippen molar-refractivity contribution in [2.75, 3.05) is 18.8 Å². The Labute approximate surface area is 161 Å². The van der Waals surface area contributed by atoms with E-state index < -0.39 is 11.7 Å². The summed E-state index contributed by atoms with van der Waals surface area (Å²) in [5.41, 5.74) is 0.977. The number of benzene rings is 2. The van der Waals surface area contributed by atoms with Gasteiger partial charge in [-0.2, -0.15) is 8.78 Å². The lowest BCUT2D eigenvalue weighted by molar-refractivity contribution is 0.0427. The van der Waals surface area contributed by atoms with Crippen LogP contribution in [0.1, 0.15) is 41.0 Å². The molecule has 6 heteroatoms. The molecule has 1 unspecified atom stereocenters. The van der Waals surface area contributed by atoms with Gasteiger partial charge in [-0.3, -0.25) is 0 Å². The van der Waals surface area contributed by atoms with Crippen LogP contribution < -0.4 is 0 Å². The zero-order valence-corrected chi connectivity index (χ0v) is 15.9. The summed E-state index contributed by atoms with van der Waals surface area (Å²) in [4.78, 5) is 2.31. The van der Waals surface area contributed by atoms with Gasteiger partial charge in [-0.05, 0) is 61.0 Å². The summed E-state index contributed by atoms with van der Waals surface area (Å²) < 4.78 is 47.8. The number of hydrogen-bond acceptors (Lipinski definition) is 3. The topological polar surface area (TPSA) is 15.6 Å². The van der Waals surface area contributed by atoms with Gasteiger partial charge >= 0.3 is 0 Å². The number of alkyl halides is 2. The highest BCUT2D eigenvalue weighted by molar-refractivity contribution is 7.98. The summed E-state index contributed by atoms with van der Waals surface area (Å²) in [5.74, 6) is -1.39. The van der Waals surface area contributed by atoms with Crippen molar-refractivity contribution in [2.24, 2.45) is 4.40 Å². The fraction of sp³-hybridized carbons (Fsp3) is 0.381. The van der Waals surface area contributed by atoms with Crippen LogP contribution >= 0.6 is 11.9 Å². The molecule has 1 saturated heterocycles. The molecule has 142 valence electrons. The van der Waals surface area contributed by atoms with Gasteiger partial charge in [0.05, 0.1) is 0 Å². The van der Waals surface area contributed by atoms with Crippen LogP contribution in [0.2, 0.25) is 0 Å². The zero-order valence-electron chi connectivity index (χ0n) is 15.1. The summed E-state index contributed by atoms with van der Waals surface area (Å²) in [6.45, 7) is 3.52. The highest BCUT2D eigenvalue weighted by atomic mass is 32.2. The van der Waals surface area contributed by atoms with Crippen molar-refractivity contribution in [2.45, 2.75) is 31.6 Å². The Hall–Kier alpha value is -1.95. The van der Waals surface area contributed by atoms with Gasteiger partial charge in [0, 0.05) is 35.9 Å². The van der Waals surface area contributed by atoms with Gasteiger partial charge in [-0.15, -0.1) is 0 Å². The average Bonchev–Trinajstić information content (AvgIpc) is 2.69. The molecule has 2 aromatic rings. The fourth-order valence-electron chi connectivity index (χ4n) is 3.81. The van der Waals surface area contributed by atoms with Gasteiger partial charge in [-0.1, -0.05) is 24.3 Å². The van der Waals surface area contributed by atoms with Crippen LogP contribution in [-0.4, -0.2) is 29.6 Å². The third kappa shape index (κ3) is 3.47. The summed E-state index contributed by atoms with van der Waals surface area (Å²) in [6.07, 6.45) is 2.07. The van der Waals surface area contributed by atoms with Crippen LogP contribution in [0.4, 0.5) is 13.2 Å². The summed E-state index contributed by atoms with van der Waals surface area (Å²) >= 11 is 1.58. The smallest absolute Gasteiger partial charge is 0.298 e. The fourth-order valence-corrected chi connectivity index (χ4v) is 4.58. The second kappa shape index (κ2) is 7.23. The molecule has 2 aromatic carbocycles. The van der Waals surface area contributed by atoms with E-state index in [1.54, 1.807) is 24.1 Å². The van der Waals surface area contributed by atoms with Gasteiger partial charge in [0.2, 0.25) is 0 Å². The number of halogens is 3. The molecule has 27 heavy (non-hydrogen) atoms. The molecule has 2 aliphatic heterocycles. The maximum absolute atomic E-state index is 14.9. The monoisotopic (exact) mass is 390 g/mol. The third-order valence-electron chi connectivity index (χ3n) is 5.36. The van der Waals surface area contributed by atoms with Gasteiger partial charge in [0.25, 0.3) is 5.92 Å². The summed E-state index contributed by atoms with van der Waals surface area (Å²) in [7, 11) is 0. The molecular weight excluding hydrogens is 369 g/mol.